The summed E-state index contributed by atoms with van der Waals surface area (Å²) in [4.78, 5) is 53.7. The molecule has 33 heavy (non-hydrogen) atoms. The number of ether oxygens (including phenoxy) is 1. The van der Waals surface area contributed by atoms with Crippen LogP contribution in [0.1, 0.15) is 27.6 Å². The van der Waals surface area contributed by atoms with Crippen molar-refractivity contribution in [1.29, 1.82) is 0 Å². The molecule has 4 rings (SSSR count). The van der Waals surface area contributed by atoms with Crippen molar-refractivity contribution >= 4 is 51.2 Å². The maximum atomic E-state index is 13.5. The molecule has 0 bridgehead atoms. The molecule has 170 valence electrons. The minimum atomic E-state index is -0.856. The lowest BCUT2D eigenvalue weighted by molar-refractivity contribution is 0.0602. The average Bonchev–Trinajstić information content (AvgIpc) is 2.76. The van der Waals surface area contributed by atoms with Crippen molar-refractivity contribution in [2.45, 2.75) is 6.92 Å². The summed E-state index contributed by atoms with van der Waals surface area (Å²) >= 11 is 0. The lowest BCUT2D eigenvalue weighted by atomic mass is 9.89. The van der Waals surface area contributed by atoms with Gasteiger partial charge in [0.05, 0.1) is 17.9 Å². The number of carbonyl (C=O) groups excluding carboxylic acids is 4. The zero-order chi connectivity index (χ0) is 23.7. The van der Waals surface area contributed by atoms with Crippen LogP contribution in [-0.4, -0.2) is 67.5 Å². The Morgan fingerprint density at radius 2 is 1.79 bits per heavy atom. The van der Waals surface area contributed by atoms with Crippen molar-refractivity contribution < 1.29 is 23.9 Å². The van der Waals surface area contributed by atoms with Crippen molar-refractivity contribution in [3.63, 3.8) is 0 Å². The number of carbonyl (C=O) groups is 4. The summed E-state index contributed by atoms with van der Waals surface area (Å²) in [5, 5.41) is 7.28. The van der Waals surface area contributed by atoms with Gasteiger partial charge in [-0.15, -0.1) is 0 Å². The summed E-state index contributed by atoms with van der Waals surface area (Å²) in [7, 11) is 3.75. The van der Waals surface area contributed by atoms with Crippen LogP contribution in [-0.2, 0) is 4.74 Å². The summed E-state index contributed by atoms with van der Waals surface area (Å²) in [6.07, 6.45) is -0.856. The average molecular weight is 448 g/mol. The van der Waals surface area contributed by atoms with Gasteiger partial charge in [0, 0.05) is 29.4 Å². The second kappa shape index (κ2) is 8.87. The third-order valence-corrected chi connectivity index (χ3v) is 5.47. The number of amides is 5. The molecule has 3 aromatic rings. The second-order valence-corrected chi connectivity index (χ2v) is 7.92. The highest BCUT2D eigenvalue weighted by Crippen LogP contribution is 2.38. The lowest BCUT2D eigenvalue weighted by Crippen LogP contribution is -2.43. The van der Waals surface area contributed by atoms with Gasteiger partial charge < -0.3 is 15.0 Å². The van der Waals surface area contributed by atoms with E-state index in [1.807, 2.05) is 31.1 Å². The number of urea groups is 1. The first kappa shape index (κ1) is 22.2. The molecular formula is C24H24N4O5. The van der Waals surface area contributed by atoms with Gasteiger partial charge in [0.15, 0.2) is 0 Å². The number of rotatable bonds is 5. The Kier molecular flexibility index (Phi) is 5.97. The van der Waals surface area contributed by atoms with Crippen LogP contribution in [0.2, 0.25) is 0 Å². The van der Waals surface area contributed by atoms with Crippen LogP contribution in [0.4, 0.5) is 15.3 Å². The molecule has 0 fully saturated rings. The van der Waals surface area contributed by atoms with Gasteiger partial charge in [0.1, 0.15) is 0 Å². The molecule has 0 atom stereocenters. The monoisotopic (exact) mass is 448 g/mol. The lowest BCUT2D eigenvalue weighted by Gasteiger charge is -2.29. The Morgan fingerprint density at radius 1 is 1.03 bits per heavy atom. The summed E-state index contributed by atoms with van der Waals surface area (Å²) < 4.78 is 4.73. The molecule has 0 aromatic heterocycles. The highest BCUT2D eigenvalue weighted by Gasteiger charge is 2.34. The van der Waals surface area contributed by atoms with Crippen molar-refractivity contribution in [3.8, 4) is 0 Å². The van der Waals surface area contributed by atoms with Gasteiger partial charge in [0.25, 0.3) is 11.8 Å². The van der Waals surface area contributed by atoms with Crippen LogP contribution in [0.25, 0.3) is 21.5 Å². The second-order valence-electron chi connectivity index (χ2n) is 7.92. The van der Waals surface area contributed by atoms with Gasteiger partial charge in [0.2, 0.25) is 0 Å². The molecule has 1 aliphatic heterocycles. The Hall–Kier alpha value is -3.98. The van der Waals surface area contributed by atoms with Crippen molar-refractivity contribution in [2.75, 3.05) is 39.1 Å². The van der Waals surface area contributed by atoms with E-state index in [1.165, 1.54) is 4.90 Å². The van der Waals surface area contributed by atoms with Crippen molar-refractivity contribution in [1.82, 2.24) is 15.1 Å². The number of benzene rings is 3. The third-order valence-electron chi connectivity index (χ3n) is 5.47. The van der Waals surface area contributed by atoms with Gasteiger partial charge in [-0.1, -0.05) is 24.3 Å². The third kappa shape index (κ3) is 4.10. The van der Waals surface area contributed by atoms with Gasteiger partial charge in [-0.3, -0.25) is 14.5 Å². The summed E-state index contributed by atoms with van der Waals surface area (Å²) in [5.41, 5.74) is 1.31. The molecule has 0 aliphatic carbocycles. The fraction of sp³-hybridized carbons (Fsp3) is 0.250. The van der Waals surface area contributed by atoms with Crippen LogP contribution in [0.5, 0.6) is 0 Å². The summed E-state index contributed by atoms with van der Waals surface area (Å²) in [5.74, 6) is -0.688. The highest BCUT2D eigenvalue weighted by atomic mass is 16.5. The maximum absolute atomic E-state index is 13.5. The number of imide groups is 2. The number of nitrogens with one attached hydrogen (secondary N) is 2. The Bertz CT molecular complexity index is 1300. The van der Waals surface area contributed by atoms with E-state index < -0.39 is 12.1 Å². The van der Waals surface area contributed by atoms with Crippen molar-refractivity contribution in [3.05, 3.63) is 53.6 Å². The molecule has 9 heteroatoms. The van der Waals surface area contributed by atoms with E-state index in [0.29, 0.717) is 44.9 Å². The maximum Gasteiger partial charge on any atom is 0.415 e. The minimum absolute atomic E-state index is 0.135. The van der Waals surface area contributed by atoms with E-state index in [-0.39, 0.29) is 25.0 Å². The molecule has 0 saturated heterocycles. The van der Waals surface area contributed by atoms with E-state index >= 15 is 0 Å². The first-order chi connectivity index (χ1) is 15.8. The number of likely N-dealkylation sites (N-methyl/N-ethyl adjacent to an activating group) is 1. The normalized spacial score (nSPS) is 13.0. The van der Waals surface area contributed by atoms with Gasteiger partial charge in [-0.2, -0.15) is 0 Å². The topological polar surface area (TPSA) is 108 Å². The standard InChI is InChI=1S/C24H24N4O5/c1-4-33-24(32)26-23(31)25-18-10-6-8-15-17(18)13-14-7-5-9-16-19(14)20(15)22(30)28(21(16)29)12-11-27(2)3/h5-10,13H,4,11-12H2,1-3H3,(H2,25,26,31,32). The number of anilines is 1. The molecular weight excluding hydrogens is 424 g/mol. The van der Waals surface area contributed by atoms with E-state index in [2.05, 4.69) is 10.6 Å². The fourth-order valence-corrected chi connectivity index (χ4v) is 4.00. The molecule has 3 aromatic carbocycles. The molecule has 9 nitrogen and oxygen atoms in total. The predicted octanol–water partition coefficient (Wildman–Crippen LogP) is 3.43. The first-order valence-corrected chi connectivity index (χ1v) is 10.6. The molecule has 0 radical (unpaired) electrons. The van der Waals surface area contributed by atoms with Gasteiger partial charge in [-0.25, -0.2) is 14.9 Å². The molecule has 0 saturated carbocycles. The number of hydrogen-bond donors (Lipinski definition) is 2. The van der Waals surface area contributed by atoms with Crippen LogP contribution in [0, 0.1) is 0 Å². The highest BCUT2D eigenvalue weighted by molar-refractivity contribution is 6.31. The van der Waals surface area contributed by atoms with E-state index in [1.54, 1.807) is 37.3 Å². The zero-order valence-electron chi connectivity index (χ0n) is 18.6. The first-order valence-electron chi connectivity index (χ1n) is 10.6. The molecule has 0 spiro atoms. The minimum Gasteiger partial charge on any atom is -0.450 e. The largest absolute Gasteiger partial charge is 0.450 e. The van der Waals surface area contributed by atoms with Crippen LogP contribution in [0.3, 0.4) is 0 Å². The zero-order valence-corrected chi connectivity index (χ0v) is 18.6. The van der Waals surface area contributed by atoms with Gasteiger partial charge in [-0.05, 0) is 50.0 Å². The smallest absolute Gasteiger partial charge is 0.415 e. The Morgan fingerprint density at radius 3 is 2.52 bits per heavy atom. The number of hydrogen-bond acceptors (Lipinski definition) is 6. The van der Waals surface area contributed by atoms with E-state index in [4.69, 9.17) is 4.74 Å². The predicted molar refractivity (Wildman–Crippen MR) is 125 cm³/mol. The fourth-order valence-electron chi connectivity index (χ4n) is 4.00. The summed E-state index contributed by atoms with van der Waals surface area (Å²) in [6.45, 7) is 2.57. The van der Waals surface area contributed by atoms with Crippen LogP contribution >= 0.6 is 0 Å². The van der Waals surface area contributed by atoms with E-state index in [9.17, 15) is 19.2 Å². The quantitative estimate of drug-likeness (QED) is 0.457. The Balaban J connectivity index is 1.83. The van der Waals surface area contributed by atoms with E-state index in [0.717, 1.165) is 0 Å². The number of nitrogens with zero attached hydrogens (tertiary/aromatic N) is 2. The van der Waals surface area contributed by atoms with Crippen LogP contribution < -0.4 is 10.6 Å². The number of fused-ring (bicyclic) bond motifs is 2. The number of alkyl carbamates (subject to hydrolysis) is 1. The molecule has 0 unspecified atom stereocenters. The molecule has 1 heterocycles. The van der Waals surface area contributed by atoms with Crippen molar-refractivity contribution in [2.24, 2.45) is 0 Å². The molecule has 2 N–H and O–H groups in total. The summed E-state index contributed by atoms with van der Waals surface area (Å²) in [6, 6.07) is 11.6. The Labute approximate surface area is 190 Å². The molecule has 1 aliphatic rings. The van der Waals surface area contributed by atoms with Gasteiger partial charge >= 0.3 is 12.1 Å². The van der Waals surface area contributed by atoms with Crippen LogP contribution in [0.15, 0.2) is 42.5 Å². The molecule has 5 amide bonds. The SMILES string of the molecule is CCOC(=O)NC(=O)Nc1cccc2c3c4c(cccc4cc12)C(=O)N(CCN(C)C)C3=O.